The Balaban J connectivity index is 1.39. The zero-order valence-electron chi connectivity index (χ0n) is 32.6. The summed E-state index contributed by atoms with van der Waals surface area (Å²) in [5.74, 6) is -1.73. The summed E-state index contributed by atoms with van der Waals surface area (Å²) in [6, 6.07) is -3.81. The lowest BCUT2D eigenvalue weighted by Crippen LogP contribution is -2.61. The van der Waals surface area contributed by atoms with Crippen LogP contribution in [0.4, 0.5) is 4.79 Å². The molecule has 5 fully saturated rings. The Morgan fingerprint density at radius 3 is 2.19 bits per heavy atom. The number of carbonyl (C=O) groups is 5. The standard InChI is InChI=1S/C39H64N6O7S/c1-7-22-40-35(48)33(46)29(17-16-25-12-11-13-25)41-34(47)32-27-18-19-39(20-21-39)28(27)23-45(32)36(49)31(26-14-9-8-10-15-26)43-37(50)42-30(38(2,3)4)24-44(5)53(6,51)52/h7,25-32H,1,8-24H2,2-6H3,(H,40,48)(H,41,47)(H2,42,43,50)/t27-,28-,29?,30+,31-,32-/m0/s1. The van der Waals surface area contributed by atoms with Crippen LogP contribution in [-0.4, -0.2) is 104 Å². The lowest BCUT2D eigenvalue weighted by Gasteiger charge is -2.37. The van der Waals surface area contributed by atoms with E-state index in [0.29, 0.717) is 18.9 Å². The van der Waals surface area contributed by atoms with Gasteiger partial charge in [-0.05, 0) is 85.9 Å². The molecular weight excluding hydrogens is 697 g/mol. The van der Waals surface area contributed by atoms with Crippen LogP contribution in [0.5, 0.6) is 0 Å². The van der Waals surface area contributed by atoms with Crippen molar-refractivity contribution >= 4 is 39.6 Å². The van der Waals surface area contributed by atoms with Crippen molar-refractivity contribution < 1.29 is 32.4 Å². The number of nitrogens with one attached hydrogen (secondary N) is 4. The van der Waals surface area contributed by atoms with E-state index >= 15 is 0 Å². The van der Waals surface area contributed by atoms with Crippen molar-refractivity contribution in [1.29, 1.82) is 0 Å². The number of rotatable bonds is 16. The van der Waals surface area contributed by atoms with Crippen LogP contribution < -0.4 is 21.3 Å². The van der Waals surface area contributed by atoms with E-state index in [1.165, 1.54) is 17.4 Å². The van der Waals surface area contributed by atoms with Gasteiger partial charge in [-0.1, -0.05) is 65.4 Å². The largest absolute Gasteiger partial charge is 0.346 e. The molecule has 13 nitrogen and oxygen atoms in total. The average Bonchev–Trinajstić information content (AvgIpc) is 3.65. The Hall–Kier alpha value is -3.00. The fourth-order valence-electron chi connectivity index (χ4n) is 9.32. The van der Waals surface area contributed by atoms with Crippen molar-refractivity contribution in [3.8, 4) is 0 Å². The van der Waals surface area contributed by atoms with Gasteiger partial charge in [-0.3, -0.25) is 19.2 Å². The van der Waals surface area contributed by atoms with E-state index in [2.05, 4.69) is 27.8 Å². The first-order valence-electron chi connectivity index (χ1n) is 20.0. The normalized spacial score (nSPS) is 25.8. The summed E-state index contributed by atoms with van der Waals surface area (Å²) >= 11 is 0. The Morgan fingerprint density at radius 1 is 0.943 bits per heavy atom. The van der Waals surface area contributed by atoms with Crippen molar-refractivity contribution in [2.75, 3.05) is 32.9 Å². The maximum Gasteiger partial charge on any atom is 0.315 e. The van der Waals surface area contributed by atoms with Crippen LogP contribution >= 0.6 is 0 Å². The summed E-state index contributed by atoms with van der Waals surface area (Å²) in [5, 5.41) is 11.5. The quantitative estimate of drug-likeness (QED) is 0.138. The van der Waals surface area contributed by atoms with E-state index in [4.69, 9.17) is 0 Å². The molecule has 1 heterocycles. The molecule has 6 atom stereocenters. The van der Waals surface area contributed by atoms with Gasteiger partial charge in [0.25, 0.3) is 5.91 Å². The molecule has 1 saturated heterocycles. The van der Waals surface area contributed by atoms with Crippen molar-refractivity contribution in [3.05, 3.63) is 12.7 Å². The predicted octanol–water partition coefficient (Wildman–Crippen LogP) is 3.49. The van der Waals surface area contributed by atoms with E-state index in [-0.39, 0.29) is 42.2 Å². The highest BCUT2D eigenvalue weighted by atomic mass is 32.2. The first kappa shape index (κ1) is 41.2. The second-order valence-electron chi connectivity index (χ2n) is 17.9. The van der Waals surface area contributed by atoms with Gasteiger partial charge in [0.2, 0.25) is 27.6 Å². The third-order valence-corrected chi connectivity index (χ3v) is 14.5. The van der Waals surface area contributed by atoms with Crippen molar-refractivity contribution in [2.45, 2.75) is 135 Å². The fraction of sp³-hybridized carbons (Fsp3) is 0.821. The number of ketones is 1. The van der Waals surface area contributed by atoms with Crippen LogP contribution in [0.15, 0.2) is 12.7 Å². The zero-order valence-corrected chi connectivity index (χ0v) is 33.4. The second-order valence-corrected chi connectivity index (χ2v) is 20.0. The highest BCUT2D eigenvalue weighted by Crippen LogP contribution is 2.66. The molecule has 14 heteroatoms. The molecule has 1 spiro atoms. The van der Waals surface area contributed by atoms with Crippen LogP contribution in [0.25, 0.3) is 0 Å². The summed E-state index contributed by atoms with van der Waals surface area (Å²) < 4.78 is 25.7. The molecule has 298 valence electrons. The number of sulfonamides is 1. The minimum Gasteiger partial charge on any atom is -0.346 e. The average molecular weight is 761 g/mol. The van der Waals surface area contributed by atoms with Crippen LogP contribution in [-0.2, 0) is 29.2 Å². The minimum absolute atomic E-state index is 0.0594. The van der Waals surface area contributed by atoms with Gasteiger partial charge in [0, 0.05) is 32.7 Å². The summed E-state index contributed by atoms with van der Waals surface area (Å²) in [4.78, 5) is 71.3. The van der Waals surface area contributed by atoms with Gasteiger partial charge in [0.1, 0.15) is 12.1 Å². The van der Waals surface area contributed by atoms with Crippen LogP contribution in [0.3, 0.4) is 0 Å². The molecule has 0 radical (unpaired) electrons. The van der Waals surface area contributed by atoms with Gasteiger partial charge in [0.15, 0.2) is 0 Å². The number of carbonyl (C=O) groups excluding carboxylic acids is 5. The second kappa shape index (κ2) is 16.8. The monoisotopic (exact) mass is 760 g/mol. The fourth-order valence-corrected chi connectivity index (χ4v) is 9.74. The Bertz CT molecular complexity index is 1500. The number of amides is 5. The summed E-state index contributed by atoms with van der Waals surface area (Å²) in [6.07, 6.45) is 15.4. The number of likely N-dealkylation sites (N-methyl/N-ethyl adjacent to an activating group) is 1. The molecule has 5 aliphatic rings. The molecule has 5 amide bonds. The maximum atomic E-state index is 14.9. The van der Waals surface area contributed by atoms with Crippen molar-refractivity contribution in [2.24, 2.45) is 34.5 Å². The SMILES string of the molecule is C=CCNC(=O)C(=O)C(CCC1CCC1)NC(=O)[C@@H]1[C@H]2CCC3(CC3)[C@H]2CN1C(=O)[C@@H](NC(=O)N[C@H](CN(C)S(C)(=O)=O)C(C)(C)C)C1CCCCC1. The first-order chi connectivity index (χ1) is 24.9. The first-order valence-corrected chi connectivity index (χ1v) is 21.8. The van der Waals surface area contributed by atoms with Crippen molar-refractivity contribution in [1.82, 2.24) is 30.5 Å². The molecule has 0 bridgehead atoms. The number of likely N-dealkylation sites (tertiary alicyclic amines) is 1. The van der Waals surface area contributed by atoms with Crippen LogP contribution in [0, 0.1) is 34.5 Å². The number of Topliss-reactive ketones (excluding diaryl/α,β-unsaturated/α-hetero) is 1. The van der Waals surface area contributed by atoms with Gasteiger partial charge in [-0.25, -0.2) is 17.5 Å². The minimum atomic E-state index is -3.50. The number of hydrogen-bond donors (Lipinski definition) is 4. The summed E-state index contributed by atoms with van der Waals surface area (Å²) in [6.45, 7) is 9.99. The molecule has 0 aromatic carbocycles. The van der Waals surface area contributed by atoms with Crippen LogP contribution in [0.1, 0.15) is 111 Å². The third-order valence-electron chi connectivity index (χ3n) is 13.2. The topological polar surface area (TPSA) is 174 Å². The van der Waals surface area contributed by atoms with Gasteiger partial charge in [-0.15, -0.1) is 6.58 Å². The summed E-state index contributed by atoms with van der Waals surface area (Å²) in [7, 11) is -2.02. The molecule has 1 unspecified atom stereocenters. The molecule has 53 heavy (non-hydrogen) atoms. The number of urea groups is 1. The molecule has 0 aromatic heterocycles. The highest BCUT2D eigenvalue weighted by molar-refractivity contribution is 7.88. The van der Waals surface area contributed by atoms with Gasteiger partial charge < -0.3 is 26.2 Å². The third kappa shape index (κ3) is 9.82. The Kier molecular flexibility index (Phi) is 13.0. The molecule has 1 aliphatic heterocycles. The Morgan fingerprint density at radius 2 is 1.62 bits per heavy atom. The number of nitrogens with zero attached hydrogens (tertiary/aromatic N) is 2. The summed E-state index contributed by atoms with van der Waals surface area (Å²) in [5.41, 5.74) is -0.372. The van der Waals surface area contributed by atoms with Crippen LogP contribution in [0.2, 0.25) is 0 Å². The van der Waals surface area contributed by atoms with E-state index in [1.807, 2.05) is 20.8 Å². The smallest absolute Gasteiger partial charge is 0.315 e. The molecule has 5 rings (SSSR count). The van der Waals surface area contributed by atoms with E-state index in [9.17, 15) is 32.4 Å². The molecule has 0 aromatic rings. The van der Waals surface area contributed by atoms with E-state index < -0.39 is 63.2 Å². The van der Waals surface area contributed by atoms with E-state index in [0.717, 1.165) is 89.7 Å². The van der Waals surface area contributed by atoms with Gasteiger partial charge in [0.05, 0.1) is 12.3 Å². The highest BCUT2D eigenvalue weighted by Gasteiger charge is 2.64. The lowest BCUT2D eigenvalue weighted by atomic mass is 9.81. The molecule has 4 saturated carbocycles. The Labute approximate surface area is 316 Å². The van der Waals surface area contributed by atoms with Gasteiger partial charge in [-0.2, -0.15) is 0 Å². The molecular formula is C39H64N6O7S. The number of fused-ring (bicyclic) bond motifs is 2. The zero-order chi connectivity index (χ0) is 38.7. The number of hydrogen-bond acceptors (Lipinski definition) is 7. The maximum absolute atomic E-state index is 14.9. The lowest BCUT2D eigenvalue weighted by molar-refractivity contribution is -0.144. The van der Waals surface area contributed by atoms with Crippen molar-refractivity contribution in [3.63, 3.8) is 0 Å². The molecule has 4 N–H and O–H groups in total. The molecule has 4 aliphatic carbocycles. The predicted molar refractivity (Wildman–Crippen MR) is 203 cm³/mol. The van der Waals surface area contributed by atoms with E-state index in [1.54, 1.807) is 4.90 Å². The van der Waals surface area contributed by atoms with Gasteiger partial charge >= 0.3 is 6.03 Å².